The fourth-order valence-electron chi connectivity index (χ4n) is 3.51. The number of aromatic nitrogens is 1. The molecule has 28 heavy (non-hydrogen) atoms. The third-order valence-electron chi connectivity index (χ3n) is 4.89. The number of anilines is 1. The monoisotopic (exact) mass is 382 g/mol. The zero-order chi connectivity index (χ0) is 20.4. The largest absolute Gasteiger partial charge is 0.493 e. The van der Waals surface area contributed by atoms with Crippen molar-refractivity contribution in [3.8, 4) is 34.4 Å². The van der Waals surface area contributed by atoms with Gasteiger partial charge in [-0.15, -0.1) is 0 Å². The van der Waals surface area contributed by atoms with E-state index in [9.17, 15) is 10.1 Å². The Bertz CT molecular complexity index is 956. The number of nitrogens with zero attached hydrogens (tertiary/aromatic N) is 3. The molecule has 1 aliphatic rings. The molecule has 2 N–H and O–H groups in total. The molecule has 2 heterocycles. The van der Waals surface area contributed by atoms with Crippen molar-refractivity contribution < 1.29 is 19.0 Å². The second-order valence-electron chi connectivity index (χ2n) is 6.39. The van der Waals surface area contributed by atoms with E-state index in [-0.39, 0.29) is 17.3 Å². The van der Waals surface area contributed by atoms with Crippen LogP contribution in [0.2, 0.25) is 0 Å². The summed E-state index contributed by atoms with van der Waals surface area (Å²) in [5.41, 5.74) is 9.26. The molecule has 0 fully saturated rings. The Morgan fingerprint density at radius 1 is 1.21 bits per heavy atom. The van der Waals surface area contributed by atoms with Crippen LogP contribution in [0.25, 0.3) is 11.1 Å². The van der Waals surface area contributed by atoms with Crippen molar-refractivity contribution in [3.63, 3.8) is 0 Å². The number of rotatable bonds is 4. The summed E-state index contributed by atoms with van der Waals surface area (Å²) in [5, 5.41) is 9.75. The van der Waals surface area contributed by atoms with E-state index < -0.39 is 0 Å². The number of nitriles is 1. The van der Waals surface area contributed by atoms with Crippen molar-refractivity contribution in [3.05, 3.63) is 29.0 Å². The number of benzene rings is 1. The summed E-state index contributed by atoms with van der Waals surface area (Å²) in [6, 6.07) is 5.69. The van der Waals surface area contributed by atoms with E-state index in [2.05, 4.69) is 11.1 Å². The first-order chi connectivity index (χ1) is 13.4. The molecule has 1 aromatic carbocycles. The first-order valence-electron chi connectivity index (χ1n) is 8.72. The number of fused-ring (bicyclic) bond motifs is 1. The summed E-state index contributed by atoms with van der Waals surface area (Å²) >= 11 is 0. The maximum absolute atomic E-state index is 11.9. The number of hydrogen-bond donors (Lipinski definition) is 1. The third kappa shape index (κ3) is 3.16. The number of nitrogen functional groups attached to an aromatic ring is 1. The van der Waals surface area contributed by atoms with Gasteiger partial charge in [-0.05, 0) is 17.7 Å². The second kappa shape index (κ2) is 7.64. The molecule has 8 heteroatoms. The molecule has 0 saturated heterocycles. The van der Waals surface area contributed by atoms with Crippen LogP contribution in [-0.2, 0) is 17.8 Å². The number of hydrogen-bond acceptors (Lipinski definition) is 7. The number of methoxy groups -OCH3 is 3. The Balaban J connectivity index is 2.31. The Morgan fingerprint density at radius 3 is 2.36 bits per heavy atom. The lowest BCUT2D eigenvalue weighted by molar-refractivity contribution is -0.129. The predicted molar refractivity (Wildman–Crippen MR) is 103 cm³/mol. The van der Waals surface area contributed by atoms with E-state index in [1.54, 1.807) is 17.0 Å². The van der Waals surface area contributed by atoms with Gasteiger partial charge in [-0.3, -0.25) is 4.79 Å². The number of pyridine rings is 1. The number of nitrogens with two attached hydrogens (primary N) is 1. The topological polar surface area (TPSA) is 111 Å². The summed E-state index contributed by atoms with van der Waals surface area (Å²) in [5.74, 6) is 1.51. The van der Waals surface area contributed by atoms with Crippen LogP contribution in [0.1, 0.15) is 23.7 Å². The molecule has 0 saturated carbocycles. The van der Waals surface area contributed by atoms with Gasteiger partial charge in [0.1, 0.15) is 17.5 Å². The van der Waals surface area contributed by atoms with Crippen molar-refractivity contribution in [2.45, 2.75) is 19.9 Å². The van der Waals surface area contributed by atoms with E-state index in [1.807, 2.05) is 0 Å². The van der Waals surface area contributed by atoms with Crippen LogP contribution in [0.15, 0.2) is 12.1 Å². The number of amides is 1. The van der Waals surface area contributed by atoms with Gasteiger partial charge in [-0.2, -0.15) is 5.26 Å². The highest BCUT2D eigenvalue weighted by atomic mass is 16.5. The number of carbonyl (C=O) groups is 1. The highest BCUT2D eigenvalue weighted by Gasteiger charge is 2.27. The number of ether oxygens (including phenoxy) is 3. The van der Waals surface area contributed by atoms with Gasteiger partial charge in [0.2, 0.25) is 11.7 Å². The van der Waals surface area contributed by atoms with Crippen LogP contribution >= 0.6 is 0 Å². The lowest BCUT2D eigenvalue weighted by Gasteiger charge is -2.30. The van der Waals surface area contributed by atoms with Gasteiger partial charge in [-0.25, -0.2) is 4.98 Å². The molecule has 0 radical (unpaired) electrons. The Hall–Kier alpha value is -3.47. The van der Waals surface area contributed by atoms with E-state index >= 15 is 0 Å². The molecule has 1 aliphatic heterocycles. The van der Waals surface area contributed by atoms with Crippen molar-refractivity contribution in [2.24, 2.45) is 0 Å². The van der Waals surface area contributed by atoms with E-state index in [4.69, 9.17) is 19.9 Å². The molecule has 8 nitrogen and oxygen atoms in total. The average molecular weight is 382 g/mol. The number of carbonyl (C=O) groups excluding carboxylic acids is 1. The molecule has 0 bridgehead atoms. The summed E-state index contributed by atoms with van der Waals surface area (Å²) in [6.07, 6.45) is 0.572. The SMILES string of the molecule is COc1cc(-c2c(C#N)c(N)nc3c2CN(C(C)=O)CC3)cc(OC)c1OC. The lowest BCUT2D eigenvalue weighted by atomic mass is 9.90. The maximum Gasteiger partial charge on any atom is 0.219 e. The van der Waals surface area contributed by atoms with Crippen molar-refractivity contribution >= 4 is 11.7 Å². The Morgan fingerprint density at radius 2 is 1.86 bits per heavy atom. The normalized spacial score (nSPS) is 12.8. The molecular formula is C20H22N4O4. The molecule has 0 spiro atoms. The van der Waals surface area contributed by atoms with Gasteiger partial charge < -0.3 is 24.8 Å². The average Bonchev–Trinajstić information content (AvgIpc) is 2.70. The predicted octanol–water partition coefficient (Wildman–Crippen LogP) is 2.13. The quantitative estimate of drug-likeness (QED) is 0.862. The lowest BCUT2D eigenvalue weighted by Crippen LogP contribution is -2.35. The Kier molecular flexibility index (Phi) is 5.27. The van der Waals surface area contributed by atoms with Crippen LogP contribution in [0.4, 0.5) is 5.82 Å². The van der Waals surface area contributed by atoms with Crippen LogP contribution in [0.5, 0.6) is 17.2 Å². The standard InChI is InChI=1S/C20H22N4O4/c1-11(25)24-6-5-15-14(10-24)18(13(9-21)20(22)23-15)12-7-16(26-2)19(28-4)17(8-12)27-3/h7-8H,5-6,10H2,1-4H3,(H2,22,23). The van der Waals surface area contributed by atoms with Crippen molar-refractivity contribution in [2.75, 3.05) is 33.6 Å². The van der Waals surface area contributed by atoms with Gasteiger partial charge in [0, 0.05) is 37.6 Å². The smallest absolute Gasteiger partial charge is 0.219 e. The highest BCUT2D eigenvalue weighted by Crippen LogP contribution is 2.44. The second-order valence-corrected chi connectivity index (χ2v) is 6.39. The zero-order valence-corrected chi connectivity index (χ0v) is 16.3. The summed E-state index contributed by atoms with van der Waals surface area (Å²) in [6.45, 7) is 2.45. The van der Waals surface area contributed by atoms with Crippen molar-refractivity contribution in [1.82, 2.24) is 9.88 Å². The van der Waals surface area contributed by atoms with Crippen molar-refractivity contribution in [1.29, 1.82) is 5.26 Å². The molecular weight excluding hydrogens is 360 g/mol. The molecule has 0 unspecified atom stereocenters. The third-order valence-corrected chi connectivity index (χ3v) is 4.89. The molecule has 3 rings (SSSR count). The van der Waals surface area contributed by atoms with E-state index in [0.29, 0.717) is 47.9 Å². The summed E-state index contributed by atoms with van der Waals surface area (Å²) in [4.78, 5) is 18.1. The van der Waals surface area contributed by atoms with Crippen LogP contribution < -0.4 is 19.9 Å². The minimum absolute atomic E-state index is 0.0307. The van der Waals surface area contributed by atoms with Crippen LogP contribution in [0.3, 0.4) is 0 Å². The Labute approximate surface area is 163 Å². The zero-order valence-electron chi connectivity index (χ0n) is 16.3. The van der Waals surface area contributed by atoms with Crippen LogP contribution in [-0.4, -0.2) is 43.7 Å². The minimum atomic E-state index is -0.0307. The minimum Gasteiger partial charge on any atom is -0.493 e. The molecule has 1 amide bonds. The van der Waals surface area contributed by atoms with Gasteiger partial charge >= 0.3 is 0 Å². The van der Waals surface area contributed by atoms with Gasteiger partial charge in [0.15, 0.2) is 11.5 Å². The fraction of sp³-hybridized carbons (Fsp3) is 0.350. The maximum atomic E-state index is 11.9. The highest BCUT2D eigenvalue weighted by molar-refractivity contribution is 5.83. The van der Waals surface area contributed by atoms with Crippen LogP contribution in [0, 0.1) is 11.3 Å². The first-order valence-corrected chi connectivity index (χ1v) is 8.72. The van der Waals surface area contributed by atoms with Gasteiger partial charge in [0.05, 0.1) is 27.0 Å². The van der Waals surface area contributed by atoms with Gasteiger partial charge in [0.25, 0.3) is 0 Å². The molecule has 146 valence electrons. The summed E-state index contributed by atoms with van der Waals surface area (Å²) in [7, 11) is 4.58. The molecule has 1 aromatic heterocycles. The molecule has 2 aromatic rings. The first kappa shape index (κ1) is 19.3. The molecule has 0 aliphatic carbocycles. The summed E-state index contributed by atoms with van der Waals surface area (Å²) < 4.78 is 16.3. The molecule has 0 atom stereocenters. The van der Waals surface area contributed by atoms with E-state index in [1.165, 1.54) is 28.3 Å². The fourth-order valence-corrected chi connectivity index (χ4v) is 3.51. The van der Waals surface area contributed by atoms with Gasteiger partial charge in [-0.1, -0.05) is 0 Å². The van der Waals surface area contributed by atoms with E-state index in [0.717, 1.165) is 11.3 Å².